The van der Waals surface area contributed by atoms with Gasteiger partial charge in [-0.3, -0.25) is 0 Å². The summed E-state index contributed by atoms with van der Waals surface area (Å²) in [6.45, 7) is 19.1. The van der Waals surface area contributed by atoms with Gasteiger partial charge in [0.15, 0.2) is 0 Å². The number of ether oxygens (including phenoxy) is 2. The van der Waals surface area contributed by atoms with E-state index in [2.05, 4.69) is 59.7 Å². The van der Waals surface area contributed by atoms with Gasteiger partial charge < -0.3 is 9.47 Å². The van der Waals surface area contributed by atoms with Crippen molar-refractivity contribution in [1.82, 2.24) is 0 Å². The van der Waals surface area contributed by atoms with Crippen molar-refractivity contribution in [3.8, 4) is 5.75 Å². The van der Waals surface area contributed by atoms with Crippen LogP contribution in [0.25, 0.3) is 0 Å². The first-order valence-corrected chi connectivity index (χ1v) is 14.2. The van der Waals surface area contributed by atoms with Crippen molar-refractivity contribution in [2.45, 2.75) is 99.5 Å². The highest BCUT2D eigenvalue weighted by molar-refractivity contribution is 5.96. The zero-order chi connectivity index (χ0) is 28.9. The minimum atomic E-state index is -0.500. The van der Waals surface area contributed by atoms with Crippen LogP contribution in [-0.4, -0.2) is 18.0 Å². The third-order valence-electron chi connectivity index (χ3n) is 8.33. The number of aryl methyl sites for hydroxylation is 4. The zero-order valence-electron chi connectivity index (χ0n) is 25.2. The Morgan fingerprint density at radius 1 is 0.769 bits per heavy atom. The normalized spacial score (nSPS) is 12.2. The summed E-state index contributed by atoms with van der Waals surface area (Å²) in [4.78, 5) is 25.4. The van der Waals surface area contributed by atoms with Crippen LogP contribution in [0.3, 0.4) is 0 Å². The minimum Gasteiger partial charge on any atom is -0.459 e. The van der Waals surface area contributed by atoms with Crippen LogP contribution in [0.1, 0.15) is 114 Å². The summed E-state index contributed by atoms with van der Waals surface area (Å²) in [6, 6.07) is 15.3. The summed E-state index contributed by atoms with van der Waals surface area (Å²) in [7, 11) is 0. The highest BCUT2D eigenvalue weighted by Gasteiger charge is 2.25. The van der Waals surface area contributed by atoms with Crippen molar-refractivity contribution in [1.29, 1.82) is 0 Å². The molecule has 3 rings (SSSR count). The van der Waals surface area contributed by atoms with Gasteiger partial charge in [0, 0.05) is 0 Å². The second-order valence-corrected chi connectivity index (χ2v) is 11.2. The van der Waals surface area contributed by atoms with Crippen LogP contribution in [0, 0.1) is 27.7 Å². The fraction of sp³-hybridized carbons (Fsp3) is 0.429. The highest BCUT2D eigenvalue weighted by Crippen LogP contribution is 2.35. The van der Waals surface area contributed by atoms with Gasteiger partial charge in [-0.05, 0) is 129 Å². The van der Waals surface area contributed by atoms with Crippen molar-refractivity contribution in [2.75, 3.05) is 0 Å². The summed E-state index contributed by atoms with van der Waals surface area (Å²) in [5.41, 5.74) is 9.44. The van der Waals surface area contributed by atoms with Gasteiger partial charge in [0.25, 0.3) is 0 Å². The van der Waals surface area contributed by atoms with Crippen molar-refractivity contribution in [2.24, 2.45) is 0 Å². The van der Waals surface area contributed by atoms with Crippen LogP contribution in [0.2, 0.25) is 0 Å². The first-order valence-electron chi connectivity index (χ1n) is 14.2. The van der Waals surface area contributed by atoms with Crippen LogP contribution < -0.4 is 4.74 Å². The maximum Gasteiger partial charge on any atom is 0.343 e. The van der Waals surface area contributed by atoms with E-state index in [1.165, 1.54) is 33.9 Å². The number of esters is 2. The molecule has 4 nitrogen and oxygen atoms in total. The molecule has 0 aliphatic heterocycles. The van der Waals surface area contributed by atoms with Crippen molar-refractivity contribution >= 4 is 11.9 Å². The van der Waals surface area contributed by atoms with E-state index in [0.717, 1.165) is 36.8 Å². The molecule has 0 radical (unpaired) electrons. The van der Waals surface area contributed by atoms with Crippen LogP contribution in [0.5, 0.6) is 5.75 Å². The van der Waals surface area contributed by atoms with Gasteiger partial charge in [0.1, 0.15) is 5.75 Å². The molecule has 3 aromatic rings. The molecule has 3 aromatic carbocycles. The van der Waals surface area contributed by atoms with Gasteiger partial charge in [-0.25, -0.2) is 9.59 Å². The van der Waals surface area contributed by atoms with Crippen LogP contribution >= 0.6 is 0 Å². The molecule has 0 spiro atoms. The standard InChI is InChI=1S/C35H44O4/c1-10-26(8)38-33(36)27-14-13-15-28(20-27)34(37)39-32-19-23(5)30(17-25(32)7)21-29-16-24(6)31(18-22(29)4)35(9,11-2)12-3/h13-20,26H,10-12,21H2,1-9H3. The number of hydrogen-bond donors (Lipinski definition) is 0. The first kappa shape index (κ1) is 30.1. The molecule has 0 heterocycles. The SMILES string of the molecule is CCC(C)OC(=O)c1cccc(C(=O)Oc2cc(C)c(Cc3cc(C)c(C(C)(CC)CC)cc3C)cc2C)c1. The molecule has 0 bridgehead atoms. The molecule has 0 N–H and O–H groups in total. The zero-order valence-corrected chi connectivity index (χ0v) is 25.2. The average Bonchev–Trinajstić information content (AvgIpc) is 2.92. The lowest BCUT2D eigenvalue weighted by molar-refractivity contribution is 0.0334. The van der Waals surface area contributed by atoms with Gasteiger partial charge in [-0.1, -0.05) is 52.0 Å². The summed E-state index contributed by atoms with van der Waals surface area (Å²) >= 11 is 0. The molecule has 0 saturated carbocycles. The Morgan fingerprint density at radius 3 is 1.92 bits per heavy atom. The lowest BCUT2D eigenvalue weighted by atomic mass is 9.74. The Balaban J connectivity index is 1.81. The second-order valence-electron chi connectivity index (χ2n) is 11.2. The molecular weight excluding hydrogens is 484 g/mol. The number of benzene rings is 3. The monoisotopic (exact) mass is 528 g/mol. The Hall–Kier alpha value is -3.40. The predicted molar refractivity (Wildman–Crippen MR) is 159 cm³/mol. The first-order chi connectivity index (χ1) is 18.4. The Labute approximate surface area is 234 Å². The Morgan fingerprint density at radius 2 is 1.33 bits per heavy atom. The van der Waals surface area contributed by atoms with E-state index >= 15 is 0 Å². The van der Waals surface area contributed by atoms with Crippen molar-refractivity contribution in [3.63, 3.8) is 0 Å². The largest absolute Gasteiger partial charge is 0.459 e. The van der Waals surface area contributed by atoms with Crippen LogP contribution in [-0.2, 0) is 16.6 Å². The van der Waals surface area contributed by atoms with Crippen LogP contribution in [0.15, 0.2) is 48.5 Å². The number of hydrogen-bond acceptors (Lipinski definition) is 4. The maximum absolute atomic E-state index is 13.0. The van der Waals surface area contributed by atoms with Gasteiger partial charge in [-0.15, -0.1) is 0 Å². The summed E-state index contributed by atoms with van der Waals surface area (Å²) in [6.07, 6.45) is 3.60. The predicted octanol–water partition coefficient (Wildman–Crippen LogP) is 8.76. The van der Waals surface area contributed by atoms with E-state index in [1.807, 2.05) is 26.8 Å². The van der Waals surface area contributed by atoms with Crippen molar-refractivity contribution < 1.29 is 19.1 Å². The number of rotatable bonds is 10. The molecule has 1 atom stereocenters. The quantitative estimate of drug-likeness (QED) is 0.195. The summed E-state index contributed by atoms with van der Waals surface area (Å²) < 4.78 is 11.2. The molecule has 4 heteroatoms. The summed E-state index contributed by atoms with van der Waals surface area (Å²) in [5, 5.41) is 0. The van der Waals surface area contributed by atoms with E-state index in [9.17, 15) is 9.59 Å². The smallest absolute Gasteiger partial charge is 0.343 e. The fourth-order valence-corrected chi connectivity index (χ4v) is 4.97. The number of carbonyl (C=O) groups is 2. The van der Waals surface area contributed by atoms with E-state index in [0.29, 0.717) is 16.9 Å². The van der Waals surface area contributed by atoms with Crippen molar-refractivity contribution in [3.05, 3.63) is 98.6 Å². The second kappa shape index (κ2) is 12.6. The molecule has 0 aliphatic carbocycles. The van der Waals surface area contributed by atoms with E-state index < -0.39 is 11.9 Å². The Kier molecular flexibility index (Phi) is 9.77. The van der Waals surface area contributed by atoms with Crippen LogP contribution in [0.4, 0.5) is 0 Å². The molecule has 0 amide bonds. The minimum absolute atomic E-state index is 0.184. The van der Waals surface area contributed by atoms with Gasteiger partial charge >= 0.3 is 11.9 Å². The molecule has 208 valence electrons. The van der Waals surface area contributed by atoms with E-state index in [-0.39, 0.29) is 11.5 Å². The molecule has 39 heavy (non-hydrogen) atoms. The van der Waals surface area contributed by atoms with Gasteiger partial charge in [0.05, 0.1) is 17.2 Å². The van der Waals surface area contributed by atoms with Gasteiger partial charge in [-0.2, -0.15) is 0 Å². The summed E-state index contributed by atoms with van der Waals surface area (Å²) in [5.74, 6) is -0.415. The Bertz CT molecular complexity index is 1350. The lowest BCUT2D eigenvalue weighted by Crippen LogP contribution is -2.21. The molecule has 0 saturated heterocycles. The number of carbonyl (C=O) groups excluding carboxylic acids is 2. The topological polar surface area (TPSA) is 52.6 Å². The molecule has 0 fully saturated rings. The third-order valence-corrected chi connectivity index (χ3v) is 8.33. The molecular formula is C35H44O4. The molecule has 1 unspecified atom stereocenters. The average molecular weight is 529 g/mol. The molecule has 0 aromatic heterocycles. The fourth-order valence-electron chi connectivity index (χ4n) is 4.97. The highest BCUT2D eigenvalue weighted by atomic mass is 16.5. The molecule has 0 aliphatic rings. The van der Waals surface area contributed by atoms with E-state index in [1.54, 1.807) is 18.2 Å². The maximum atomic E-state index is 13.0. The lowest BCUT2D eigenvalue weighted by Gasteiger charge is -2.30. The van der Waals surface area contributed by atoms with E-state index in [4.69, 9.17) is 9.47 Å². The third kappa shape index (κ3) is 6.98. The van der Waals surface area contributed by atoms with Gasteiger partial charge in [0.2, 0.25) is 0 Å².